The Hall–Kier alpha value is -6.05. The summed E-state index contributed by atoms with van der Waals surface area (Å²) in [6, 6.07) is 3.80. The van der Waals surface area contributed by atoms with Gasteiger partial charge in [-0.1, -0.05) is 36.4 Å². The fourth-order valence-corrected chi connectivity index (χ4v) is 6.19. The van der Waals surface area contributed by atoms with Crippen molar-refractivity contribution in [1.29, 1.82) is 0 Å². The largest absolute Gasteiger partial charge is 0.430 e. The van der Waals surface area contributed by atoms with Crippen molar-refractivity contribution in [3.63, 3.8) is 0 Å². The standard InChI is InChI=1S/C38H24F18N2O6/c1-17(59)18-3-7-21(8-4-18)30(33(39,40)41,34(42,43)44)22-9-5-19(6-10-22)28(60)58-26-12-20(11-25(16-26)57-2)29(61)64-27-14-23(31(62,35(45,46)47)36(48,49)50)13-24(15-27)32(63,37(51,52)53)38(54,55)56/h3-16,57,62-63H,1-2H3,(H,58,60). The number of ether oxygens (including phenoxy) is 1. The van der Waals surface area contributed by atoms with Crippen molar-refractivity contribution >= 4 is 29.0 Å². The lowest BCUT2D eigenvalue weighted by atomic mass is 9.72. The summed E-state index contributed by atoms with van der Waals surface area (Å²) in [4.78, 5) is 38.0. The van der Waals surface area contributed by atoms with E-state index >= 15 is 0 Å². The number of hydrogen-bond acceptors (Lipinski definition) is 7. The number of hydrogen-bond donors (Lipinski definition) is 4. The summed E-state index contributed by atoms with van der Waals surface area (Å²) < 4.78 is 257. The number of nitrogens with one attached hydrogen (secondary N) is 2. The van der Waals surface area contributed by atoms with Gasteiger partial charge in [-0.25, -0.2) is 4.79 Å². The van der Waals surface area contributed by atoms with E-state index in [1.807, 2.05) is 0 Å². The highest BCUT2D eigenvalue weighted by Crippen LogP contribution is 2.57. The Labute approximate surface area is 345 Å². The first-order valence-electron chi connectivity index (χ1n) is 17.0. The van der Waals surface area contributed by atoms with Gasteiger partial charge in [0.1, 0.15) is 5.75 Å². The molecule has 26 heteroatoms. The van der Waals surface area contributed by atoms with E-state index in [1.165, 1.54) is 0 Å². The molecule has 0 atom stereocenters. The highest BCUT2D eigenvalue weighted by molar-refractivity contribution is 6.05. The smallest absolute Gasteiger partial charge is 0.423 e. The summed E-state index contributed by atoms with van der Waals surface area (Å²) in [6.07, 6.45) is -40.0. The van der Waals surface area contributed by atoms with Crippen LogP contribution < -0.4 is 15.4 Å². The molecule has 4 rings (SSSR count). The van der Waals surface area contributed by atoms with Crippen molar-refractivity contribution in [3.05, 3.63) is 124 Å². The number of benzene rings is 4. The number of amides is 1. The molecule has 0 unspecified atom stereocenters. The Kier molecular flexibility index (Phi) is 13.0. The Balaban J connectivity index is 1.79. The fraction of sp³-hybridized carbons (Fsp3) is 0.289. The number of anilines is 2. The second kappa shape index (κ2) is 16.5. The van der Waals surface area contributed by atoms with Gasteiger partial charge in [-0.05, 0) is 66.6 Å². The molecule has 1 amide bonds. The molecule has 8 nitrogen and oxygen atoms in total. The molecule has 348 valence electrons. The number of carbonyl (C=O) groups is 3. The van der Waals surface area contributed by atoms with Crippen LogP contribution in [-0.2, 0) is 16.6 Å². The van der Waals surface area contributed by atoms with E-state index in [0.29, 0.717) is 42.5 Å². The zero-order valence-corrected chi connectivity index (χ0v) is 31.4. The lowest BCUT2D eigenvalue weighted by Gasteiger charge is -2.38. The van der Waals surface area contributed by atoms with Crippen molar-refractivity contribution < 1.29 is 108 Å². The van der Waals surface area contributed by atoms with E-state index in [0.717, 1.165) is 38.2 Å². The molecule has 0 saturated heterocycles. The van der Waals surface area contributed by atoms with Gasteiger partial charge >= 0.3 is 43.0 Å². The Bertz CT molecular complexity index is 2300. The molecule has 0 bridgehead atoms. The number of halogens is 18. The zero-order chi connectivity index (χ0) is 49.0. The Morgan fingerprint density at radius 2 is 0.844 bits per heavy atom. The van der Waals surface area contributed by atoms with E-state index in [9.17, 15) is 104 Å². The fourth-order valence-electron chi connectivity index (χ4n) is 6.19. The quantitative estimate of drug-likeness (QED) is 0.0540. The van der Waals surface area contributed by atoms with Crippen LogP contribution >= 0.6 is 0 Å². The van der Waals surface area contributed by atoms with E-state index in [2.05, 4.69) is 15.4 Å². The van der Waals surface area contributed by atoms with E-state index in [-0.39, 0.29) is 11.3 Å². The van der Waals surface area contributed by atoms with E-state index in [1.54, 1.807) is 0 Å². The second-order valence-corrected chi connectivity index (χ2v) is 13.5. The highest BCUT2D eigenvalue weighted by Gasteiger charge is 2.75. The third kappa shape index (κ3) is 8.88. The molecule has 0 aromatic heterocycles. The van der Waals surface area contributed by atoms with Crippen molar-refractivity contribution in [2.45, 2.75) is 60.6 Å². The number of rotatable bonds is 10. The number of esters is 1. The molecule has 64 heavy (non-hydrogen) atoms. The zero-order valence-electron chi connectivity index (χ0n) is 31.4. The van der Waals surface area contributed by atoms with Gasteiger partial charge in [0.05, 0.1) is 5.56 Å². The summed E-state index contributed by atoms with van der Waals surface area (Å²) in [6.45, 7) is 1.00. The van der Waals surface area contributed by atoms with Crippen molar-refractivity contribution in [1.82, 2.24) is 0 Å². The van der Waals surface area contributed by atoms with Gasteiger partial charge in [0.25, 0.3) is 17.1 Å². The van der Waals surface area contributed by atoms with E-state index < -0.39 is 134 Å². The highest BCUT2D eigenvalue weighted by atomic mass is 19.4. The third-order valence-corrected chi connectivity index (χ3v) is 9.46. The molecular formula is C38H24F18N2O6. The molecule has 0 aliphatic carbocycles. The first-order valence-corrected chi connectivity index (χ1v) is 17.0. The Morgan fingerprint density at radius 1 is 0.469 bits per heavy atom. The first-order chi connectivity index (χ1) is 28.9. The predicted octanol–water partition coefficient (Wildman–Crippen LogP) is 10.4. The van der Waals surface area contributed by atoms with Gasteiger partial charge in [0, 0.05) is 40.7 Å². The molecule has 0 radical (unpaired) electrons. The lowest BCUT2D eigenvalue weighted by molar-refractivity contribution is -0.378. The van der Waals surface area contributed by atoms with E-state index in [4.69, 9.17) is 0 Å². The minimum atomic E-state index is -6.95. The monoisotopic (exact) mass is 946 g/mol. The predicted molar refractivity (Wildman–Crippen MR) is 183 cm³/mol. The van der Waals surface area contributed by atoms with Crippen LogP contribution in [0.2, 0.25) is 0 Å². The van der Waals surface area contributed by atoms with Gasteiger partial charge in [0.2, 0.25) is 5.41 Å². The number of carbonyl (C=O) groups excluding carboxylic acids is 3. The van der Waals surface area contributed by atoms with Gasteiger partial charge in [-0.2, -0.15) is 79.0 Å². The molecular weight excluding hydrogens is 922 g/mol. The average Bonchev–Trinajstić information content (AvgIpc) is 3.14. The molecule has 0 heterocycles. The molecule has 4 aromatic carbocycles. The van der Waals surface area contributed by atoms with Gasteiger partial charge in [-0.3, -0.25) is 9.59 Å². The second-order valence-electron chi connectivity index (χ2n) is 13.5. The summed E-state index contributed by atoms with van der Waals surface area (Å²) in [5.41, 5.74) is -28.5. The van der Waals surface area contributed by atoms with Crippen LogP contribution in [0.3, 0.4) is 0 Å². The van der Waals surface area contributed by atoms with Crippen molar-refractivity contribution in [2.24, 2.45) is 0 Å². The van der Waals surface area contributed by atoms with Crippen LogP contribution in [0.5, 0.6) is 5.75 Å². The molecule has 0 fully saturated rings. The number of alkyl halides is 18. The molecule has 0 saturated carbocycles. The first kappa shape index (κ1) is 50.6. The maximum Gasteiger partial charge on any atom is 0.430 e. The van der Waals surface area contributed by atoms with Gasteiger partial charge in [-0.15, -0.1) is 0 Å². The number of Topliss-reactive ketones (excluding diaryl/α,β-unsaturated/α-hetero) is 1. The van der Waals surface area contributed by atoms with Crippen LogP contribution in [0, 0.1) is 0 Å². The minimum Gasteiger partial charge on any atom is -0.423 e. The van der Waals surface area contributed by atoms with Crippen molar-refractivity contribution in [2.75, 3.05) is 17.7 Å². The van der Waals surface area contributed by atoms with Crippen LogP contribution in [0.4, 0.5) is 90.4 Å². The van der Waals surface area contributed by atoms with Crippen molar-refractivity contribution in [3.8, 4) is 5.75 Å². The van der Waals surface area contributed by atoms with Crippen LogP contribution in [0.25, 0.3) is 0 Å². The summed E-state index contributed by atoms with van der Waals surface area (Å²) in [5.74, 6) is -6.03. The summed E-state index contributed by atoms with van der Waals surface area (Å²) >= 11 is 0. The maximum atomic E-state index is 14.6. The van der Waals surface area contributed by atoms with Crippen LogP contribution in [0.1, 0.15) is 60.3 Å². The molecule has 0 aliphatic rings. The molecule has 4 N–H and O–H groups in total. The SMILES string of the molecule is CNc1cc(NC(=O)c2ccc(C(c3ccc(C(C)=O)cc3)(C(F)(F)F)C(F)(F)F)cc2)cc(C(=O)Oc2cc(C(O)(C(F)(F)F)C(F)(F)F)cc(C(O)(C(F)(F)F)C(F)(F)F)c2)c1. The van der Waals surface area contributed by atoms with Crippen LogP contribution in [0.15, 0.2) is 84.9 Å². The van der Waals surface area contributed by atoms with Gasteiger partial charge < -0.3 is 25.6 Å². The lowest BCUT2D eigenvalue weighted by Crippen LogP contribution is -2.55. The number of aliphatic hydroxyl groups is 2. The minimum absolute atomic E-state index is 0.227. The number of ketones is 1. The normalized spacial score (nSPS) is 13.7. The molecule has 4 aromatic rings. The maximum absolute atomic E-state index is 14.6. The third-order valence-electron chi connectivity index (χ3n) is 9.46. The summed E-state index contributed by atoms with van der Waals surface area (Å²) in [5, 5.41) is 24.1. The average molecular weight is 947 g/mol. The topological polar surface area (TPSA) is 125 Å². The molecule has 0 spiro atoms. The Morgan fingerprint density at radius 3 is 1.19 bits per heavy atom. The molecule has 0 aliphatic heterocycles. The van der Waals surface area contributed by atoms with Crippen LogP contribution in [-0.4, -0.2) is 72.0 Å². The van der Waals surface area contributed by atoms with Gasteiger partial charge in [0.15, 0.2) is 5.78 Å². The summed E-state index contributed by atoms with van der Waals surface area (Å²) in [7, 11) is 1.12.